The minimum atomic E-state index is 0.770. The van der Waals surface area contributed by atoms with Crippen molar-refractivity contribution in [3.05, 3.63) is 69.0 Å². The molecule has 0 unspecified atom stereocenters. The predicted molar refractivity (Wildman–Crippen MR) is 88.9 cm³/mol. The maximum atomic E-state index is 5.99. The monoisotopic (exact) mass is 344 g/mol. The highest BCUT2D eigenvalue weighted by Gasteiger charge is 2.07. The molecule has 0 saturated heterocycles. The number of thiazole rings is 1. The van der Waals surface area contributed by atoms with Crippen LogP contribution in [0.15, 0.2) is 58.4 Å². The first-order valence-corrected chi connectivity index (χ1v) is 7.93. The summed E-state index contributed by atoms with van der Waals surface area (Å²) in [6.07, 6.45) is 0.844. The van der Waals surface area contributed by atoms with E-state index in [4.69, 9.17) is 5.73 Å². The van der Waals surface area contributed by atoms with Gasteiger partial charge in [-0.05, 0) is 23.8 Å². The van der Waals surface area contributed by atoms with Crippen LogP contribution in [0, 0.1) is 0 Å². The molecule has 20 heavy (non-hydrogen) atoms. The molecule has 0 amide bonds. The molecule has 3 rings (SSSR count). The average Bonchev–Trinajstić information content (AvgIpc) is 2.87. The zero-order valence-electron chi connectivity index (χ0n) is 10.7. The molecule has 0 aliphatic rings. The molecule has 0 fully saturated rings. The van der Waals surface area contributed by atoms with Crippen molar-refractivity contribution in [1.29, 1.82) is 0 Å². The number of anilines is 1. The van der Waals surface area contributed by atoms with E-state index in [1.165, 1.54) is 5.56 Å². The lowest BCUT2D eigenvalue weighted by Gasteiger charge is -2.01. The van der Waals surface area contributed by atoms with Crippen LogP contribution in [0.5, 0.6) is 0 Å². The number of para-hydroxylation sites is 1. The summed E-state index contributed by atoms with van der Waals surface area (Å²) in [7, 11) is 0. The van der Waals surface area contributed by atoms with Gasteiger partial charge in [-0.3, -0.25) is 0 Å². The minimum Gasteiger partial charge on any atom is -0.398 e. The Morgan fingerprint density at radius 2 is 1.95 bits per heavy atom. The summed E-state index contributed by atoms with van der Waals surface area (Å²) in [5, 5.41) is 3.17. The standard InChI is InChI=1S/C16H13BrN2S/c17-12-5-3-4-11(8-12)9-16-19-15(10-20-16)13-6-1-2-7-14(13)18/h1-8,10H,9,18H2. The number of nitrogens with zero attached hydrogens (tertiary/aromatic N) is 1. The zero-order chi connectivity index (χ0) is 13.9. The molecule has 2 nitrogen and oxygen atoms in total. The van der Waals surface area contributed by atoms with Gasteiger partial charge < -0.3 is 5.73 Å². The summed E-state index contributed by atoms with van der Waals surface area (Å²) in [6, 6.07) is 16.1. The lowest BCUT2D eigenvalue weighted by molar-refractivity contribution is 1.14. The SMILES string of the molecule is Nc1ccccc1-c1csc(Cc2cccc(Br)c2)n1. The van der Waals surface area contributed by atoms with Gasteiger partial charge in [-0.2, -0.15) is 0 Å². The van der Waals surface area contributed by atoms with E-state index in [-0.39, 0.29) is 0 Å². The van der Waals surface area contributed by atoms with Crippen LogP contribution in [0.2, 0.25) is 0 Å². The third-order valence-electron chi connectivity index (χ3n) is 3.03. The highest BCUT2D eigenvalue weighted by atomic mass is 79.9. The Kier molecular flexibility index (Phi) is 3.85. The quantitative estimate of drug-likeness (QED) is 0.696. The largest absolute Gasteiger partial charge is 0.398 e. The van der Waals surface area contributed by atoms with E-state index in [1.807, 2.05) is 36.4 Å². The number of halogens is 1. The Hall–Kier alpha value is -1.65. The molecule has 3 aromatic rings. The van der Waals surface area contributed by atoms with Crippen molar-refractivity contribution >= 4 is 33.0 Å². The highest BCUT2D eigenvalue weighted by molar-refractivity contribution is 9.10. The third kappa shape index (κ3) is 2.92. The molecule has 4 heteroatoms. The van der Waals surface area contributed by atoms with Crippen molar-refractivity contribution in [1.82, 2.24) is 4.98 Å². The summed E-state index contributed by atoms with van der Waals surface area (Å²) in [6.45, 7) is 0. The van der Waals surface area contributed by atoms with Crippen LogP contribution in [-0.2, 0) is 6.42 Å². The number of hydrogen-bond donors (Lipinski definition) is 1. The van der Waals surface area contributed by atoms with Gasteiger partial charge in [-0.15, -0.1) is 11.3 Å². The molecular weight excluding hydrogens is 332 g/mol. The van der Waals surface area contributed by atoms with E-state index in [1.54, 1.807) is 11.3 Å². The van der Waals surface area contributed by atoms with Crippen LogP contribution in [0.25, 0.3) is 11.3 Å². The van der Waals surface area contributed by atoms with Crippen molar-refractivity contribution in [2.75, 3.05) is 5.73 Å². The topological polar surface area (TPSA) is 38.9 Å². The van der Waals surface area contributed by atoms with Gasteiger partial charge in [0, 0.05) is 27.5 Å². The van der Waals surface area contributed by atoms with Gasteiger partial charge in [0.1, 0.15) is 0 Å². The average molecular weight is 345 g/mol. The van der Waals surface area contributed by atoms with Crippen LogP contribution in [-0.4, -0.2) is 4.98 Å². The molecule has 1 heterocycles. The van der Waals surface area contributed by atoms with Gasteiger partial charge in [0.25, 0.3) is 0 Å². The lowest BCUT2D eigenvalue weighted by Crippen LogP contribution is -1.91. The van der Waals surface area contributed by atoms with E-state index in [9.17, 15) is 0 Å². The molecule has 1 aromatic heterocycles. The fraction of sp³-hybridized carbons (Fsp3) is 0.0625. The van der Waals surface area contributed by atoms with Crippen LogP contribution in [0.4, 0.5) is 5.69 Å². The molecule has 0 aliphatic heterocycles. The Bertz CT molecular complexity index is 737. The molecular formula is C16H13BrN2S. The van der Waals surface area contributed by atoms with Crippen molar-refractivity contribution in [3.8, 4) is 11.3 Å². The van der Waals surface area contributed by atoms with E-state index >= 15 is 0 Å². The summed E-state index contributed by atoms with van der Waals surface area (Å²) < 4.78 is 1.10. The molecule has 0 atom stereocenters. The van der Waals surface area contributed by atoms with E-state index in [0.29, 0.717) is 0 Å². The van der Waals surface area contributed by atoms with Crippen LogP contribution in [0.3, 0.4) is 0 Å². The highest BCUT2D eigenvalue weighted by Crippen LogP contribution is 2.28. The van der Waals surface area contributed by atoms with E-state index in [0.717, 1.165) is 32.8 Å². The Labute approximate surface area is 130 Å². The number of nitrogen functional groups attached to an aromatic ring is 1. The molecule has 2 aromatic carbocycles. The molecule has 0 radical (unpaired) electrons. The first kappa shape index (κ1) is 13.3. The maximum absolute atomic E-state index is 5.99. The number of rotatable bonds is 3. The van der Waals surface area contributed by atoms with E-state index in [2.05, 4.69) is 38.4 Å². The lowest BCUT2D eigenvalue weighted by atomic mass is 10.1. The smallest absolute Gasteiger partial charge is 0.0976 e. The van der Waals surface area contributed by atoms with Gasteiger partial charge in [0.15, 0.2) is 0 Å². The number of aromatic nitrogens is 1. The predicted octanol–water partition coefficient (Wildman–Crippen LogP) is 4.75. The van der Waals surface area contributed by atoms with Crippen molar-refractivity contribution < 1.29 is 0 Å². The summed E-state index contributed by atoms with van der Waals surface area (Å²) >= 11 is 5.17. The normalized spacial score (nSPS) is 10.7. The first-order chi connectivity index (χ1) is 9.72. The number of benzene rings is 2. The zero-order valence-corrected chi connectivity index (χ0v) is 13.1. The van der Waals surface area contributed by atoms with Crippen LogP contribution >= 0.6 is 27.3 Å². The Balaban J connectivity index is 1.86. The van der Waals surface area contributed by atoms with Crippen molar-refractivity contribution in [3.63, 3.8) is 0 Å². The number of hydrogen-bond acceptors (Lipinski definition) is 3. The second-order valence-electron chi connectivity index (χ2n) is 4.52. The molecule has 0 spiro atoms. The molecule has 0 aliphatic carbocycles. The van der Waals surface area contributed by atoms with Crippen LogP contribution in [0.1, 0.15) is 10.6 Å². The Morgan fingerprint density at radius 3 is 2.75 bits per heavy atom. The van der Waals surface area contributed by atoms with Crippen LogP contribution < -0.4 is 5.73 Å². The van der Waals surface area contributed by atoms with Gasteiger partial charge >= 0.3 is 0 Å². The van der Waals surface area contributed by atoms with Gasteiger partial charge in [-0.25, -0.2) is 4.98 Å². The molecule has 100 valence electrons. The second-order valence-corrected chi connectivity index (χ2v) is 6.38. The van der Waals surface area contributed by atoms with Gasteiger partial charge in [0.05, 0.1) is 10.7 Å². The fourth-order valence-corrected chi connectivity index (χ4v) is 3.34. The summed E-state index contributed by atoms with van der Waals surface area (Å²) in [5.41, 5.74) is 9.97. The minimum absolute atomic E-state index is 0.770. The number of nitrogens with two attached hydrogens (primary N) is 1. The molecule has 0 bridgehead atoms. The van der Waals surface area contributed by atoms with Crippen molar-refractivity contribution in [2.45, 2.75) is 6.42 Å². The van der Waals surface area contributed by atoms with Crippen molar-refractivity contribution in [2.24, 2.45) is 0 Å². The second kappa shape index (κ2) is 5.77. The maximum Gasteiger partial charge on any atom is 0.0976 e. The third-order valence-corrected chi connectivity index (χ3v) is 4.37. The molecule has 0 saturated carbocycles. The Morgan fingerprint density at radius 1 is 1.10 bits per heavy atom. The fourth-order valence-electron chi connectivity index (χ4n) is 2.07. The van der Waals surface area contributed by atoms with Gasteiger partial charge in [-0.1, -0.05) is 46.3 Å². The van der Waals surface area contributed by atoms with Gasteiger partial charge in [0.2, 0.25) is 0 Å². The summed E-state index contributed by atoms with van der Waals surface area (Å²) in [5.74, 6) is 0. The molecule has 2 N–H and O–H groups in total. The van der Waals surface area contributed by atoms with E-state index < -0.39 is 0 Å². The summed E-state index contributed by atoms with van der Waals surface area (Å²) in [4.78, 5) is 4.69. The first-order valence-electron chi connectivity index (χ1n) is 6.26.